The van der Waals surface area contributed by atoms with E-state index in [9.17, 15) is 9.59 Å². The second-order valence-electron chi connectivity index (χ2n) is 3.01. The third-order valence-corrected chi connectivity index (χ3v) is 1.85. The lowest BCUT2D eigenvalue weighted by atomic mass is 10.1. The molecule has 0 radical (unpaired) electrons. The van der Waals surface area contributed by atoms with Crippen LogP contribution in [0, 0.1) is 0 Å². The minimum absolute atomic E-state index is 0.145. The summed E-state index contributed by atoms with van der Waals surface area (Å²) in [5.74, 6) is 0.0510. The first-order valence-electron chi connectivity index (χ1n) is 4.29. The summed E-state index contributed by atoms with van der Waals surface area (Å²) in [5, 5.41) is 2.68. The van der Waals surface area contributed by atoms with Crippen LogP contribution in [-0.4, -0.2) is 31.6 Å². The quantitative estimate of drug-likeness (QED) is 0.648. The van der Waals surface area contributed by atoms with E-state index in [2.05, 4.69) is 5.32 Å². The summed E-state index contributed by atoms with van der Waals surface area (Å²) < 4.78 is 10.1. The van der Waals surface area contributed by atoms with E-state index in [4.69, 9.17) is 9.47 Å². The van der Waals surface area contributed by atoms with Gasteiger partial charge in [-0.2, -0.15) is 0 Å². The Morgan fingerprint density at radius 2 is 2.50 bits per heavy atom. The zero-order valence-corrected chi connectivity index (χ0v) is 8.15. The smallest absolute Gasteiger partial charge is 0.217 e. The molecular formula is C9H13NO4. The predicted octanol–water partition coefficient (Wildman–Crippen LogP) is -0.0333. The number of amides is 1. The summed E-state index contributed by atoms with van der Waals surface area (Å²) in [5.41, 5.74) is 0. The Kier molecular flexibility index (Phi) is 3.64. The van der Waals surface area contributed by atoms with Gasteiger partial charge in [0.15, 0.2) is 12.0 Å². The van der Waals surface area contributed by atoms with Gasteiger partial charge in [-0.1, -0.05) is 0 Å². The molecule has 0 unspecified atom stereocenters. The Labute approximate surface area is 82.1 Å². The summed E-state index contributed by atoms with van der Waals surface area (Å²) >= 11 is 0. The Bertz CT molecular complexity index is 262. The molecule has 1 aliphatic heterocycles. The molecule has 5 heteroatoms. The highest BCUT2D eigenvalue weighted by Crippen LogP contribution is 2.16. The highest BCUT2D eigenvalue weighted by Gasteiger charge is 2.23. The maximum Gasteiger partial charge on any atom is 0.217 e. The number of carbonyl (C=O) groups is 2. The first kappa shape index (κ1) is 10.7. The molecule has 0 aliphatic carbocycles. The summed E-state index contributed by atoms with van der Waals surface area (Å²) in [4.78, 5) is 21.3. The molecule has 0 saturated carbocycles. The van der Waals surface area contributed by atoms with E-state index in [1.54, 1.807) is 6.08 Å². The van der Waals surface area contributed by atoms with E-state index in [-0.39, 0.29) is 17.7 Å². The van der Waals surface area contributed by atoms with Crippen molar-refractivity contribution in [1.29, 1.82) is 0 Å². The van der Waals surface area contributed by atoms with Gasteiger partial charge in [0.1, 0.15) is 0 Å². The third-order valence-electron chi connectivity index (χ3n) is 1.85. The maximum atomic E-state index is 10.8. The lowest BCUT2D eigenvalue weighted by Gasteiger charge is -2.26. The number of carbonyl (C=O) groups excluding carboxylic acids is 2. The van der Waals surface area contributed by atoms with Crippen molar-refractivity contribution in [3.63, 3.8) is 0 Å². The van der Waals surface area contributed by atoms with Gasteiger partial charge in [0, 0.05) is 20.5 Å². The molecule has 1 amide bonds. The Morgan fingerprint density at radius 3 is 3.00 bits per heavy atom. The molecule has 1 rings (SSSR count). The van der Waals surface area contributed by atoms with Crippen LogP contribution in [0.15, 0.2) is 11.8 Å². The number of allylic oxidation sites excluding steroid dienone is 1. The lowest BCUT2D eigenvalue weighted by molar-refractivity contribution is -0.131. The number of ether oxygens (including phenoxy) is 2. The van der Waals surface area contributed by atoms with Gasteiger partial charge in [-0.3, -0.25) is 9.59 Å². The van der Waals surface area contributed by atoms with Gasteiger partial charge < -0.3 is 14.8 Å². The fourth-order valence-electron chi connectivity index (χ4n) is 1.29. The molecule has 2 atom stereocenters. The monoisotopic (exact) mass is 199 g/mol. The lowest BCUT2D eigenvalue weighted by Crippen LogP contribution is -2.38. The maximum absolute atomic E-state index is 10.8. The second kappa shape index (κ2) is 4.76. The molecule has 1 N–H and O–H groups in total. The molecule has 0 aromatic heterocycles. The number of nitrogens with one attached hydrogen (secondary N) is 1. The topological polar surface area (TPSA) is 64.6 Å². The zero-order valence-electron chi connectivity index (χ0n) is 8.15. The van der Waals surface area contributed by atoms with Gasteiger partial charge in [-0.05, 0) is 6.08 Å². The fourth-order valence-corrected chi connectivity index (χ4v) is 1.29. The van der Waals surface area contributed by atoms with Crippen molar-refractivity contribution >= 4 is 12.2 Å². The Morgan fingerprint density at radius 1 is 1.79 bits per heavy atom. The van der Waals surface area contributed by atoms with E-state index >= 15 is 0 Å². The summed E-state index contributed by atoms with van der Waals surface area (Å²) in [6, 6.07) is -0.202. The first-order valence-corrected chi connectivity index (χ1v) is 4.29. The molecule has 0 aromatic carbocycles. The standard InChI is InChI=1S/C9H13NO4/c1-6(12)10-7-3-8(5-11)14-9(4-7)13-2/h3,5,7,9H,4H2,1-2H3,(H,10,12)/t7-,9+/m0/s1. The molecule has 78 valence electrons. The summed E-state index contributed by atoms with van der Waals surface area (Å²) in [7, 11) is 1.49. The van der Waals surface area contributed by atoms with Gasteiger partial charge in [0.2, 0.25) is 12.2 Å². The Hall–Kier alpha value is -1.36. The average molecular weight is 199 g/mol. The van der Waals surface area contributed by atoms with Gasteiger partial charge in [-0.25, -0.2) is 0 Å². The molecule has 0 fully saturated rings. The van der Waals surface area contributed by atoms with Gasteiger partial charge in [0.05, 0.1) is 6.04 Å². The van der Waals surface area contributed by atoms with Crippen molar-refractivity contribution < 1.29 is 19.1 Å². The number of aldehydes is 1. The van der Waals surface area contributed by atoms with Crippen molar-refractivity contribution in [3.8, 4) is 0 Å². The summed E-state index contributed by atoms with van der Waals surface area (Å²) in [6.45, 7) is 1.42. The van der Waals surface area contributed by atoms with E-state index in [0.29, 0.717) is 12.7 Å². The van der Waals surface area contributed by atoms with Crippen LogP contribution in [0.1, 0.15) is 13.3 Å². The van der Waals surface area contributed by atoms with Gasteiger partial charge in [-0.15, -0.1) is 0 Å². The van der Waals surface area contributed by atoms with Crippen molar-refractivity contribution in [3.05, 3.63) is 11.8 Å². The van der Waals surface area contributed by atoms with Crippen LogP contribution in [0.2, 0.25) is 0 Å². The third kappa shape index (κ3) is 2.85. The van der Waals surface area contributed by atoms with Crippen molar-refractivity contribution in [2.24, 2.45) is 0 Å². The van der Waals surface area contributed by atoms with Gasteiger partial charge in [0.25, 0.3) is 0 Å². The van der Waals surface area contributed by atoms with Crippen LogP contribution >= 0.6 is 0 Å². The fraction of sp³-hybridized carbons (Fsp3) is 0.556. The molecule has 0 aromatic rings. The van der Waals surface area contributed by atoms with Crippen molar-refractivity contribution in [2.45, 2.75) is 25.7 Å². The highest BCUT2D eigenvalue weighted by molar-refractivity contribution is 5.74. The molecule has 1 heterocycles. The van der Waals surface area contributed by atoms with Crippen LogP contribution in [0.5, 0.6) is 0 Å². The van der Waals surface area contributed by atoms with Crippen molar-refractivity contribution in [2.75, 3.05) is 7.11 Å². The minimum atomic E-state index is -0.475. The van der Waals surface area contributed by atoms with E-state index in [0.717, 1.165) is 0 Å². The van der Waals surface area contributed by atoms with Crippen LogP contribution in [0.25, 0.3) is 0 Å². The van der Waals surface area contributed by atoms with E-state index in [1.807, 2.05) is 0 Å². The summed E-state index contributed by atoms with van der Waals surface area (Å²) in [6.07, 6.45) is 2.20. The normalized spacial score (nSPS) is 26.0. The van der Waals surface area contributed by atoms with Crippen molar-refractivity contribution in [1.82, 2.24) is 5.32 Å². The van der Waals surface area contributed by atoms with E-state index < -0.39 is 6.29 Å². The second-order valence-corrected chi connectivity index (χ2v) is 3.01. The predicted molar refractivity (Wildman–Crippen MR) is 48.3 cm³/mol. The first-order chi connectivity index (χ1) is 6.65. The molecule has 0 spiro atoms. The number of hydrogen-bond acceptors (Lipinski definition) is 4. The number of rotatable bonds is 3. The molecule has 0 saturated heterocycles. The van der Waals surface area contributed by atoms with Crippen LogP contribution in [0.4, 0.5) is 0 Å². The zero-order chi connectivity index (χ0) is 10.6. The Balaban J connectivity index is 2.66. The molecular weight excluding hydrogens is 186 g/mol. The SMILES string of the molecule is CO[C@H]1C[C@@H](NC(C)=O)C=C(C=O)O1. The van der Waals surface area contributed by atoms with Gasteiger partial charge >= 0.3 is 0 Å². The molecule has 1 aliphatic rings. The van der Waals surface area contributed by atoms with Crippen LogP contribution in [-0.2, 0) is 19.1 Å². The molecule has 5 nitrogen and oxygen atoms in total. The van der Waals surface area contributed by atoms with Crippen LogP contribution in [0.3, 0.4) is 0 Å². The average Bonchev–Trinajstić information content (AvgIpc) is 2.16. The minimum Gasteiger partial charge on any atom is -0.462 e. The molecule has 14 heavy (non-hydrogen) atoms. The highest BCUT2D eigenvalue weighted by atomic mass is 16.7. The number of methoxy groups -OCH3 is 1. The molecule has 0 bridgehead atoms. The van der Waals surface area contributed by atoms with E-state index in [1.165, 1.54) is 14.0 Å². The number of hydrogen-bond donors (Lipinski definition) is 1. The largest absolute Gasteiger partial charge is 0.462 e. The van der Waals surface area contributed by atoms with Crippen LogP contribution < -0.4 is 5.32 Å².